The fourth-order valence-electron chi connectivity index (χ4n) is 1.78. The van der Waals surface area contributed by atoms with Gasteiger partial charge in [-0.1, -0.05) is 41.9 Å². The Morgan fingerprint density at radius 3 is 2.00 bits per heavy atom. The molecule has 0 heterocycles. The maximum absolute atomic E-state index is 3.47. The molecule has 0 N–H and O–H groups in total. The third kappa shape index (κ3) is 3.82. The van der Waals surface area contributed by atoms with E-state index < -0.39 is 0 Å². The van der Waals surface area contributed by atoms with Crippen LogP contribution >= 0.6 is 15.9 Å². The molecule has 0 amide bonds. The largest absolute Gasteiger partial charge is 0.369 e. The van der Waals surface area contributed by atoms with E-state index in [4.69, 9.17) is 0 Å². The van der Waals surface area contributed by atoms with Gasteiger partial charge in [-0.2, -0.15) is 0 Å². The summed E-state index contributed by atoms with van der Waals surface area (Å²) in [6.45, 7) is 10.2. The van der Waals surface area contributed by atoms with E-state index in [0.717, 1.165) is 11.9 Å². The number of halogens is 1. The number of rotatable bonds is 5. The molecule has 0 spiro atoms. The lowest BCUT2D eigenvalue weighted by Crippen LogP contribution is -2.34. The van der Waals surface area contributed by atoms with E-state index >= 15 is 0 Å². The normalized spacial score (nSPS) is 11.2. The van der Waals surface area contributed by atoms with Gasteiger partial charge in [-0.15, -0.1) is 0 Å². The van der Waals surface area contributed by atoms with Gasteiger partial charge in [0.25, 0.3) is 0 Å². The van der Waals surface area contributed by atoms with E-state index in [1.165, 1.54) is 11.3 Å². The van der Waals surface area contributed by atoms with Gasteiger partial charge >= 0.3 is 0 Å². The van der Waals surface area contributed by atoms with Crippen molar-refractivity contribution in [1.29, 1.82) is 0 Å². The van der Waals surface area contributed by atoms with Crippen molar-refractivity contribution in [2.75, 3.05) is 11.4 Å². The smallest absolute Gasteiger partial charge is 0.0368 e. The Kier molecular flexibility index (Phi) is 5.33. The van der Waals surface area contributed by atoms with Gasteiger partial charge in [0.1, 0.15) is 0 Å². The molecule has 1 nitrogen and oxygen atoms in total. The summed E-state index contributed by atoms with van der Waals surface area (Å²) in [5.74, 6) is 0.693. The summed E-state index contributed by atoms with van der Waals surface area (Å²) >= 11 is 3.47. The predicted molar refractivity (Wildman–Crippen MR) is 76.4 cm³/mol. The van der Waals surface area contributed by atoms with Gasteiger partial charge in [0.05, 0.1) is 0 Å². The number of nitrogens with zero attached hydrogens (tertiary/aromatic N) is 1. The minimum Gasteiger partial charge on any atom is -0.369 e. The SMILES string of the molecule is CC(C)CN(c1ccc(CBr)cc1)C(C)C. The number of anilines is 1. The summed E-state index contributed by atoms with van der Waals surface area (Å²) in [5, 5.41) is 0.930. The number of hydrogen-bond donors (Lipinski definition) is 0. The molecule has 90 valence electrons. The van der Waals surface area contributed by atoms with Crippen molar-refractivity contribution in [3.63, 3.8) is 0 Å². The third-order valence-electron chi connectivity index (χ3n) is 2.61. The number of alkyl halides is 1. The summed E-state index contributed by atoms with van der Waals surface area (Å²) in [6, 6.07) is 9.38. The number of benzene rings is 1. The Bertz CT molecular complexity index is 303. The minimum absolute atomic E-state index is 0.553. The second kappa shape index (κ2) is 6.29. The summed E-state index contributed by atoms with van der Waals surface area (Å²) in [5.41, 5.74) is 2.66. The topological polar surface area (TPSA) is 3.24 Å². The first-order valence-corrected chi connectivity index (χ1v) is 7.08. The van der Waals surface area contributed by atoms with E-state index in [-0.39, 0.29) is 0 Å². The van der Waals surface area contributed by atoms with Crippen molar-refractivity contribution in [2.24, 2.45) is 5.92 Å². The summed E-state index contributed by atoms with van der Waals surface area (Å²) in [4.78, 5) is 2.46. The van der Waals surface area contributed by atoms with Crippen LogP contribution < -0.4 is 4.90 Å². The van der Waals surface area contributed by atoms with Crippen LogP contribution in [0.15, 0.2) is 24.3 Å². The quantitative estimate of drug-likeness (QED) is 0.722. The highest BCUT2D eigenvalue weighted by Gasteiger charge is 2.11. The van der Waals surface area contributed by atoms with Crippen molar-refractivity contribution in [3.8, 4) is 0 Å². The first-order chi connectivity index (χ1) is 7.54. The third-order valence-corrected chi connectivity index (χ3v) is 3.25. The van der Waals surface area contributed by atoms with Crippen LogP contribution in [0.3, 0.4) is 0 Å². The Labute approximate surface area is 108 Å². The van der Waals surface area contributed by atoms with Crippen LogP contribution in [0.25, 0.3) is 0 Å². The molecule has 1 aromatic rings. The molecule has 0 aliphatic rings. The molecule has 1 aromatic carbocycles. The van der Waals surface area contributed by atoms with E-state index in [2.05, 4.69) is 72.8 Å². The van der Waals surface area contributed by atoms with E-state index in [0.29, 0.717) is 12.0 Å². The molecule has 0 radical (unpaired) electrons. The first kappa shape index (κ1) is 13.6. The maximum Gasteiger partial charge on any atom is 0.0368 e. The second-order valence-electron chi connectivity index (χ2n) is 4.94. The molecule has 16 heavy (non-hydrogen) atoms. The number of hydrogen-bond acceptors (Lipinski definition) is 1. The van der Waals surface area contributed by atoms with Gasteiger partial charge in [-0.3, -0.25) is 0 Å². The summed E-state index contributed by atoms with van der Waals surface area (Å²) in [6.07, 6.45) is 0. The molecule has 0 unspecified atom stereocenters. The first-order valence-electron chi connectivity index (χ1n) is 5.96. The van der Waals surface area contributed by atoms with Gasteiger partial charge in [0, 0.05) is 23.6 Å². The molecule has 1 rings (SSSR count). The average molecular weight is 284 g/mol. The van der Waals surface area contributed by atoms with Gasteiger partial charge in [-0.25, -0.2) is 0 Å². The fraction of sp³-hybridized carbons (Fsp3) is 0.571. The maximum atomic E-state index is 3.47. The molecule has 0 bridgehead atoms. The van der Waals surface area contributed by atoms with E-state index in [1.807, 2.05) is 0 Å². The zero-order chi connectivity index (χ0) is 12.1. The standard InChI is InChI=1S/C14H22BrN/c1-11(2)10-16(12(3)4)14-7-5-13(9-15)6-8-14/h5-8,11-12H,9-10H2,1-4H3. The highest BCUT2D eigenvalue weighted by Crippen LogP contribution is 2.20. The molecule has 0 saturated carbocycles. The van der Waals surface area contributed by atoms with E-state index in [9.17, 15) is 0 Å². The Hall–Kier alpha value is -0.500. The molecule has 0 atom stereocenters. The fourth-order valence-corrected chi connectivity index (χ4v) is 2.16. The Morgan fingerprint density at radius 1 is 1.06 bits per heavy atom. The van der Waals surface area contributed by atoms with Crippen LogP contribution in [-0.4, -0.2) is 12.6 Å². The van der Waals surface area contributed by atoms with Crippen molar-refractivity contribution >= 4 is 21.6 Å². The predicted octanol–water partition coefficient (Wildman–Crippen LogP) is 4.45. The zero-order valence-electron chi connectivity index (χ0n) is 10.7. The van der Waals surface area contributed by atoms with Crippen molar-refractivity contribution < 1.29 is 0 Å². The van der Waals surface area contributed by atoms with Gasteiger partial charge < -0.3 is 4.90 Å². The zero-order valence-corrected chi connectivity index (χ0v) is 12.3. The van der Waals surface area contributed by atoms with Crippen LogP contribution in [-0.2, 0) is 5.33 Å². The Balaban J connectivity index is 2.84. The van der Waals surface area contributed by atoms with Crippen LogP contribution in [0.2, 0.25) is 0 Å². The van der Waals surface area contributed by atoms with Gasteiger partial charge in [0.15, 0.2) is 0 Å². The minimum atomic E-state index is 0.553. The van der Waals surface area contributed by atoms with Gasteiger partial charge in [-0.05, 0) is 37.5 Å². The molecule has 0 fully saturated rings. The molecular formula is C14H22BrN. The van der Waals surface area contributed by atoms with Crippen molar-refractivity contribution in [1.82, 2.24) is 0 Å². The summed E-state index contributed by atoms with van der Waals surface area (Å²) < 4.78 is 0. The average Bonchev–Trinajstić information content (AvgIpc) is 2.25. The summed E-state index contributed by atoms with van der Waals surface area (Å²) in [7, 11) is 0. The van der Waals surface area contributed by atoms with Crippen LogP contribution in [0.4, 0.5) is 5.69 Å². The lowest BCUT2D eigenvalue weighted by molar-refractivity contribution is 0.571. The molecule has 2 heteroatoms. The lowest BCUT2D eigenvalue weighted by atomic mass is 10.1. The van der Waals surface area contributed by atoms with Gasteiger partial charge in [0.2, 0.25) is 0 Å². The van der Waals surface area contributed by atoms with Crippen molar-refractivity contribution in [3.05, 3.63) is 29.8 Å². The van der Waals surface area contributed by atoms with Crippen LogP contribution in [0.1, 0.15) is 33.3 Å². The monoisotopic (exact) mass is 283 g/mol. The van der Waals surface area contributed by atoms with Crippen LogP contribution in [0.5, 0.6) is 0 Å². The highest BCUT2D eigenvalue weighted by atomic mass is 79.9. The molecule has 0 aliphatic heterocycles. The second-order valence-corrected chi connectivity index (χ2v) is 5.50. The molecule has 0 aromatic heterocycles. The van der Waals surface area contributed by atoms with Crippen LogP contribution in [0, 0.1) is 5.92 Å². The highest BCUT2D eigenvalue weighted by molar-refractivity contribution is 9.08. The molecular weight excluding hydrogens is 262 g/mol. The molecule has 0 saturated heterocycles. The molecule has 0 aliphatic carbocycles. The Morgan fingerprint density at radius 2 is 1.62 bits per heavy atom. The lowest BCUT2D eigenvalue weighted by Gasteiger charge is -2.30. The van der Waals surface area contributed by atoms with E-state index in [1.54, 1.807) is 0 Å². The van der Waals surface area contributed by atoms with Crippen molar-refractivity contribution in [2.45, 2.75) is 39.1 Å².